The van der Waals surface area contributed by atoms with Gasteiger partial charge in [0.15, 0.2) is 11.5 Å². The van der Waals surface area contributed by atoms with E-state index < -0.39 is 0 Å². The van der Waals surface area contributed by atoms with Gasteiger partial charge in [0.2, 0.25) is 12.7 Å². The Bertz CT molecular complexity index is 575. The Labute approximate surface area is 124 Å². The Balaban J connectivity index is 1.50. The van der Waals surface area contributed by atoms with Crippen molar-refractivity contribution in [2.45, 2.75) is 38.4 Å². The molecule has 0 unspecified atom stereocenters. The Kier molecular flexibility index (Phi) is 3.03. The number of hydrogen-bond acceptors (Lipinski definition) is 4. The maximum atomic E-state index is 12.0. The van der Waals surface area contributed by atoms with Crippen LogP contribution in [0, 0.1) is 0 Å². The van der Waals surface area contributed by atoms with E-state index in [2.05, 4.69) is 24.0 Å². The van der Waals surface area contributed by atoms with Crippen LogP contribution in [0.4, 0.5) is 0 Å². The summed E-state index contributed by atoms with van der Waals surface area (Å²) in [6, 6.07) is 6.92. The minimum absolute atomic E-state index is 0.308. The molecular formula is C16H20N2O3. The highest BCUT2D eigenvalue weighted by atomic mass is 16.7. The molecule has 0 aromatic heterocycles. The molecule has 0 radical (unpaired) electrons. The number of rotatable bonds is 3. The van der Waals surface area contributed by atoms with Crippen LogP contribution in [0.25, 0.3) is 0 Å². The van der Waals surface area contributed by atoms with Crippen molar-refractivity contribution in [1.82, 2.24) is 9.80 Å². The predicted molar refractivity (Wildman–Crippen MR) is 77.2 cm³/mol. The molecule has 0 saturated carbocycles. The zero-order chi connectivity index (χ0) is 14.4. The first-order valence-electron chi connectivity index (χ1n) is 7.68. The van der Waals surface area contributed by atoms with Crippen molar-refractivity contribution in [1.29, 1.82) is 0 Å². The first-order valence-corrected chi connectivity index (χ1v) is 7.68. The molecule has 1 aromatic rings. The molecule has 3 aliphatic rings. The molecule has 5 heteroatoms. The highest BCUT2D eigenvalue weighted by Gasteiger charge is 2.45. The molecule has 3 aliphatic heterocycles. The second-order valence-corrected chi connectivity index (χ2v) is 5.97. The summed E-state index contributed by atoms with van der Waals surface area (Å²) in [4.78, 5) is 16.5. The average molecular weight is 288 g/mol. The number of ether oxygens (including phenoxy) is 2. The topological polar surface area (TPSA) is 42.0 Å². The second kappa shape index (κ2) is 4.91. The third kappa shape index (κ3) is 2.07. The van der Waals surface area contributed by atoms with Crippen molar-refractivity contribution >= 4 is 5.91 Å². The molecule has 21 heavy (non-hydrogen) atoms. The lowest BCUT2D eigenvalue weighted by Crippen LogP contribution is -2.36. The van der Waals surface area contributed by atoms with E-state index in [0.717, 1.165) is 37.6 Å². The van der Waals surface area contributed by atoms with Crippen LogP contribution in [0.3, 0.4) is 0 Å². The van der Waals surface area contributed by atoms with Gasteiger partial charge in [0.25, 0.3) is 0 Å². The van der Waals surface area contributed by atoms with Gasteiger partial charge in [-0.25, -0.2) is 0 Å². The Hall–Kier alpha value is -1.75. The third-order valence-electron chi connectivity index (χ3n) is 4.89. The molecule has 2 fully saturated rings. The van der Waals surface area contributed by atoms with E-state index in [1.165, 1.54) is 5.56 Å². The zero-order valence-corrected chi connectivity index (χ0v) is 12.2. The minimum Gasteiger partial charge on any atom is -0.454 e. The van der Waals surface area contributed by atoms with Crippen LogP contribution in [-0.4, -0.2) is 47.7 Å². The fourth-order valence-electron chi connectivity index (χ4n) is 3.89. The second-order valence-electron chi connectivity index (χ2n) is 5.97. The fourth-order valence-corrected chi connectivity index (χ4v) is 3.89. The molecule has 0 bridgehead atoms. The number of likely N-dealkylation sites (N-methyl/N-ethyl adjacent to an activating group) is 1. The highest BCUT2D eigenvalue weighted by molar-refractivity contribution is 5.80. The summed E-state index contributed by atoms with van der Waals surface area (Å²) in [6.45, 7) is 5.15. The third-order valence-corrected chi connectivity index (χ3v) is 4.89. The maximum absolute atomic E-state index is 12.0. The van der Waals surface area contributed by atoms with Crippen molar-refractivity contribution in [3.05, 3.63) is 23.8 Å². The molecule has 5 nitrogen and oxygen atoms in total. The molecule has 2 atom stereocenters. The summed E-state index contributed by atoms with van der Waals surface area (Å²) in [5.41, 5.74) is 1.22. The fraction of sp³-hybridized carbons (Fsp3) is 0.562. The average Bonchev–Trinajstić information content (AvgIpc) is 3.15. The van der Waals surface area contributed by atoms with Gasteiger partial charge in [0, 0.05) is 38.1 Å². The van der Waals surface area contributed by atoms with Gasteiger partial charge in [-0.2, -0.15) is 0 Å². The van der Waals surface area contributed by atoms with Crippen LogP contribution in [0.1, 0.15) is 25.3 Å². The number of hydrogen-bond donors (Lipinski definition) is 0. The summed E-state index contributed by atoms with van der Waals surface area (Å²) in [7, 11) is 0. The normalized spacial score (nSPS) is 27.5. The Morgan fingerprint density at radius 1 is 1.24 bits per heavy atom. The summed E-state index contributed by atoms with van der Waals surface area (Å²) in [6.07, 6.45) is 1.76. The lowest BCUT2D eigenvalue weighted by molar-refractivity contribution is -0.128. The van der Waals surface area contributed by atoms with Gasteiger partial charge in [-0.3, -0.25) is 9.69 Å². The van der Waals surface area contributed by atoms with Gasteiger partial charge in [-0.1, -0.05) is 6.07 Å². The van der Waals surface area contributed by atoms with Gasteiger partial charge < -0.3 is 14.4 Å². The lowest BCUT2D eigenvalue weighted by Gasteiger charge is -2.24. The van der Waals surface area contributed by atoms with Crippen LogP contribution in [-0.2, 0) is 11.3 Å². The van der Waals surface area contributed by atoms with Gasteiger partial charge >= 0.3 is 0 Å². The van der Waals surface area contributed by atoms with E-state index in [1.807, 2.05) is 11.0 Å². The quantitative estimate of drug-likeness (QED) is 0.847. The minimum atomic E-state index is 0.308. The number of amides is 1. The monoisotopic (exact) mass is 288 g/mol. The molecule has 3 heterocycles. The Morgan fingerprint density at radius 3 is 2.95 bits per heavy atom. The largest absolute Gasteiger partial charge is 0.454 e. The first kappa shape index (κ1) is 13.0. The standard InChI is InChI=1S/C16H20N2O3/c1-2-18-12-5-6-17(13(12)8-16(18)19)9-11-3-4-14-15(7-11)21-10-20-14/h3-4,7,12-13H,2,5-6,8-10H2,1H3/t12-,13+/m1/s1. The SMILES string of the molecule is CCN1C(=O)C[C@H]2[C@H]1CCN2Cc1ccc2c(c1)OCO2. The predicted octanol–water partition coefficient (Wildman–Crippen LogP) is 1.61. The van der Waals surface area contributed by atoms with Gasteiger partial charge in [-0.15, -0.1) is 0 Å². The van der Waals surface area contributed by atoms with E-state index >= 15 is 0 Å². The zero-order valence-electron chi connectivity index (χ0n) is 12.2. The summed E-state index contributed by atoms with van der Waals surface area (Å²) >= 11 is 0. The van der Waals surface area contributed by atoms with E-state index in [4.69, 9.17) is 9.47 Å². The van der Waals surface area contributed by atoms with Crippen molar-refractivity contribution in [2.75, 3.05) is 19.9 Å². The smallest absolute Gasteiger partial charge is 0.231 e. The molecule has 0 N–H and O–H groups in total. The van der Waals surface area contributed by atoms with Crippen LogP contribution < -0.4 is 9.47 Å². The molecule has 1 aromatic carbocycles. The van der Waals surface area contributed by atoms with E-state index in [0.29, 0.717) is 31.2 Å². The highest BCUT2D eigenvalue weighted by Crippen LogP contribution is 2.36. The number of carbonyl (C=O) groups is 1. The molecule has 4 rings (SSSR count). The summed E-state index contributed by atoms with van der Waals surface area (Å²) in [5, 5.41) is 0. The van der Waals surface area contributed by atoms with Crippen molar-refractivity contribution in [3.63, 3.8) is 0 Å². The molecular weight excluding hydrogens is 268 g/mol. The number of nitrogens with zero attached hydrogens (tertiary/aromatic N) is 2. The van der Waals surface area contributed by atoms with E-state index in [1.54, 1.807) is 0 Å². The van der Waals surface area contributed by atoms with Gasteiger partial charge in [0.1, 0.15) is 0 Å². The molecule has 1 amide bonds. The first-order chi connectivity index (χ1) is 10.3. The van der Waals surface area contributed by atoms with Crippen LogP contribution in [0.2, 0.25) is 0 Å². The van der Waals surface area contributed by atoms with Crippen LogP contribution >= 0.6 is 0 Å². The molecule has 0 spiro atoms. The van der Waals surface area contributed by atoms with Crippen molar-refractivity contribution in [2.24, 2.45) is 0 Å². The maximum Gasteiger partial charge on any atom is 0.231 e. The van der Waals surface area contributed by atoms with Crippen LogP contribution in [0.5, 0.6) is 11.5 Å². The summed E-state index contributed by atoms with van der Waals surface area (Å²) < 4.78 is 10.8. The molecule has 112 valence electrons. The number of carbonyl (C=O) groups excluding carboxylic acids is 1. The van der Waals surface area contributed by atoms with Crippen molar-refractivity contribution in [3.8, 4) is 11.5 Å². The molecule has 2 saturated heterocycles. The van der Waals surface area contributed by atoms with Crippen molar-refractivity contribution < 1.29 is 14.3 Å². The number of likely N-dealkylation sites (tertiary alicyclic amines) is 2. The van der Waals surface area contributed by atoms with E-state index in [9.17, 15) is 4.79 Å². The van der Waals surface area contributed by atoms with Crippen LogP contribution in [0.15, 0.2) is 18.2 Å². The Morgan fingerprint density at radius 2 is 2.10 bits per heavy atom. The van der Waals surface area contributed by atoms with Gasteiger partial charge in [0.05, 0.1) is 0 Å². The number of fused-ring (bicyclic) bond motifs is 2. The lowest BCUT2D eigenvalue weighted by atomic mass is 10.1. The molecule has 0 aliphatic carbocycles. The van der Waals surface area contributed by atoms with E-state index in [-0.39, 0.29) is 0 Å². The summed E-state index contributed by atoms with van der Waals surface area (Å²) in [5.74, 6) is 1.97. The van der Waals surface area contributed by atoms with Gasteiger partial charge in [-0.05, 0) is 31.0 Å². The number of benzene rings is 1.